The summed E-state index contributed by atoms with van der Waals surface area (Å²) in [6, 6.07) is 5.86. The van der Waals surface area contributed by atoms with Crippen molar-refractivity contribution in [3.63, 3.8) is 0 Å². The number of piperidine rings is 1. The fraction of sp³-hybridized carbons (Fsp3) is 0.522. The zero-order valence-electron chi connectivity index (χ0n) is 18.7. The highest BCUT2D eigenvalue weighted by Gasteiger charge is 2.35. The first-order valence-electron chi connectivity index (χ1n) is 11.2. The van der Waals surface area contributed by atoms with E-state index in [0.717, 1.165) is 12.1 Å². The summed E-state index contributed by atoms with van der Waals surface area (Å²) < 4.78 is 53.0. The van der Waals surface area contributed by atoms with E-state index in [4.69, 9.17) is 0 Å². The smallest absolute Gasteiger partial charge is 0.382 e. The van der Waals surface area contributed by atoms with Gasteiger partial charge in [0.2, 0.25) is 0 Å². The van der Waals surface area contributed by atoms with E-state index in [1.54, 1.807) is 12.1 Å². The lowest BCUT2D eigenvalue weighted by atomic mass is 10.0. The molecule has 2 heterocycles. The molecule has 2 aromatic rings. The summed E-state index contributed by atoms with van der Waals surface area (Å²) in [5, 5.41) is 14.0. The quantitative estimate of drug-likeness (QED) is 0.527. The maximum atomic E-state index is 13.3. The first-order valence-corrected chi connectivity index (χ1v) is 11.2. The van der Waals surface area contributed by atoms with Gasteiger partial charge in [-0.1, -0.05) is 6.92 Å². The average molecular weight is 502 g/mol. The predicted molar refractivity (Wildman–Crippen MR) is 124 cm³/mol. The standard InChI is InChI=1S/C23H27F4N5O.ClH/c1-14(15-2-3-15)13-28-22(33)20-6-7-21(31-30-20)32-10-8-17(9-11-32)29-19-5-4-16(24)12-18(19)23(25,26)27;/h4-7,12,14-15,17,29H,2-3,8-11,13H2,1H3,(H,28,33);1H. The van der Waals surface area contributed by atoms with Crippen molar-refractivity contribution in [2.24, 2.45) is 11.8 Å². The van der Waals surface area contributed by atoms with Crippen LogP contribution in [0.5, 0.6) is 0 Å². The summed E-state index contributed by atoms with van der Waals surface area (Å²) >= 11 is 0. The van der Waals surface area contributed by atoms with Gasteiger partial charge in [-0.3, -0.25) is 4.79 Å². The van der Waals surface area contributed by atoms with Gasteiger partial charge in [0.05, 0.1) is 5.56 Å². The minimum Gasteiger partial charge on any atom is -0.382 e. The van der Waals surface area contributed by atoms with Crippen LogP contribution in [0.15, 0.2) is 30.3 Å². The molecule has 1 aromatic heterocycles. The van der Waals surface area contributed by atoms with Crippen LogP contribution in [-0.2, 0) is 6.18 Å². The van der Waals surface area contributed by atoms with Crippen LogP contribution in [0.3, 0.4) is 0 Å². The topological polar surface area (TPSA) is 70.2 Å². The van der Waals surface area contributed by atoms with Crippen molar-refractivity contribution in [3.8, 4) is 0 Å². The van der Waals surface area contributed by atoms with Gasteiger partial charge in [0.15, 0.2) is 11.5 Å². The van der Waals surface area contributed by atoms with Crippen molar-refractivity contribution in [1.82, 2.24) is 15.5 Å². The second kappa shape index (κ2) is 10.8. The van der Waals surface area contributed by atoms with Crippen molar-refractivity contribution in [2.75, 3.05) is 29.9 Å². The number of benzene rings is 1. The normalized spacial score (nSPS) is 17.6. The fourth-order valence-electron chi connectivity index (χ4n) is 4.14. The number of halogens is 5. The SMILES string of the molecule is CC(CNC(=O)c1ccc(N2CCC(Nc3ccc(F)cc3C(F)(F)F)CC2)nn1)C1CC1.Cl. The maximum Gasteiger partial charge on any atom is 0.418 e. The van der Waals surface area contributed by atoms with Crippen molar-refractivity contribution in [1.29, 1.82) is 0 Å². The number of rotatable bonds is 7. The third-order valence-corrected chi connectivity index (χ3v) is 6.36. The lowest BCUT2D eigenvalue weighted by molar-refractivity contribution is -0.137. The van der Waals surface area contributed by atoms with Crippen LogP contribution < -0.4 is 15.5 Å². The van der Waals surface area contributed by atoms with E-state index in [-0.39, 0.29) is 35.7 Å². The molecule has 1 unspecified atom stereocenters. The Bertz CT molecular complexity index is 976. The zero-order valence-corrected chi connectivity index (χ0v) is 19.6. The zero-order chi connectivity index (χ0) is 23.6. The van der Waals surface area contributed by atoms with Gasteiger partial charge >= 0.3 is 6.18 Å². The second-order valence-corrected chi connectivity index (χ2v) is 8.89. The van der Waals surface area contributed by atoms with E-state index < -0.39 is 17.6 Å². The number of carbonyl (C=O) groups is 1. The van der Waals surface area contributed by atoms with E-state index in [2.05, 4.69) is 27.8 Å². The first-order chi connectivity index (χ1) is 15.7. The van der Waals surface area contributed by atoms with E-state index >= 15 is 0 Å². The van der Waals surface area contributed by atoms with E-state index in [1.165, 1.54) is 12.8 Å². The molecular formula is C23H28ClF4N5O. The number of carbonyl (C=O) groups excluding carboxylic acids is 1. The van der Waals surface area contributed by atoms with Gasteiger partial charge in [-0.05, 0) is 67.9 Å². The molecular weight excluding hydrogens is 474 g/mol. The molecule has 1 atom stereocenters. The molecule has 11 heteroatoms. The highest BCUT2D eigenvalue weighted by atomic mass is 35.5. The lowest BCUT2D eigenvalue weighted by Crippen LogP contribution is -2.40. The molecule has 1 aromatic carbocycles. The van der Waals surface area contributed by atoms with Crippen molar-refractivity contribution < 1.29 is 22.4 Å². The van der Waals surface area contributed by atoms with Crippen LogP contribution >= 0.6 is 12.4 Å². The van der Waals surface area contributed by atoms with Gasteiger partial charge in [-0.15, -0.1) is 22.6 Å². The predicted octanol–water partition coefficient (Wildman–Crippen LogP) is 4.91. The van der Waals surface area contributed by atoms with E-state index in [0.29, 0.717) is 56.2 Å². The van der Waals surface area contributed by atoms with Crippen LogP contribution in [0.25, 0.3) is 0 Å². The Labute approximate surface area is 201 Å². The number of nitrogens with zero attached hydrogens (tertiary/aromatic N) is 3. The van der Waals surface area contributed by atoms with Crippen molar-refractivity contribution in [3.05, 3.63) is 47.4 Å². The average Bonchev–Trinajstić information content (AvgIpc) is 3.64. The minimum atomic E-state index is -4.63. The Morgan fingerprint density at radius 3 is 2.41 bits per heavy atom. The molecule has 0 spiro atoms. The summed E-state index contributed by atoms with van der Waals surface area (Å²) in [6.45, 7) is 3.89. The number of amides is 1. The van der Waals surface area contributed by atoms with Crippen LogP contribution in [-0.4, -0.2) is 41.8 Å². The van der Waals surface area contributed by atoms with Crippen LogP contribution in [0, 0.1) is 17.7 Å². The van der Waals surface area contributed by atoms with E-state index in [1.807, 2.05) is 4.90 Å². The number of nitrogens with one attached hydrogen (secondary N) is 2. The van der Waals surface area contributed by atoms with Crippen LogP contribution in [0.2, 0.25) is 0 Å². The highest BCUT2D eigenvalue weighted by molar-refractivity contribution is 5.92. The van der Waals surface area contributed by atoms with Crippen molar-refractivity contribution in [2.45, 2.75) is 44.8 Å². The third kappa shape index (κ3) is 6.49. The molecule has 1 saturated heterocycles. The number of anilines is 2. The van der Waals surface area contributed by atoms with Gasteiger partial charge in [-0.25, -0.2) is 4.39 Å². The first kappa shape index (κ1) is 26.0. The molecule has 1 aliphatic carbocycles. The largest absolute Gasteiger partial charge is 0.418 e. The molecule has 0 radical (unpaired) electrons. The van der Waals surface area contributed by atoms with Gasteiger partial charge < -0.3 is 15.5 Å². The minimum absolute atomic E-state index is 0. The van der Waals surface area contributed by atoms with Crippen LogP contribution in [0.1, 0.15) is 48.7 Å². The summed E-state index contributed by atoms with van der Waals surface area (Å²) in [6.07, 6.45) is -1.02. The molecule has 2 aliphatic rings. The Morgan fingerprint density at radius 2 is 1.82 bits per heavy atom. The molecule has 186 valence electrons. The Morgan fingerprint density at radius 1 is 1.12 bits per heavy atom. The van der Waals surface area contributed by atoms with Gasteiger partial charge in [0.25, 0.3) is 5.91 Å². The number of hydrogen-bond donors (Lipinski definition) is 2. The molecule has 1 aliphatic heterocycles. The molecule has 34 heavy (non-hydrogen) atoms. The van der Waals surface area contributed by atoms with Gasteiger partial charge in [0, 0.05) is 31.4 Å². The molecule has 6 nitrogen and oxygen atoms in total. The molecule has 2 N–H and O–H groups in total. The lowest BCUT2D eigenvalue weighted by Gasteiger charge is -2.33. The van der Waals surface area contributed by atoms with Crippen molar-refractivity contribution >= 4 is 29.8 Å². The monoisotopic (exact) mass is 501 g/mol. The Hall–Kier alpha value is -2.62. The molecule has 2 fully saturated rings. The number of hydrogen-bond acceptors (Lipinski definition) is 5. The van der Waals surface area contributed by atoms with Crippen LogP contribution in [0.4, 0.5) is 29.1 Å². The molecule has 1 amide bonds. The highest BCUT2D eigenvalue weighted by Crippen LogP contribution is 2.37. The van der Waals surface area contributed by atoms with Gasteiger partial charge in [-0.2, -0.15) is 13.2 Å². The summed E-state index contributed by atoms with van der Waals surface area (Å²) in [4.78, 5) is 14.3. The molecule has 4 rings (SSSR count). The number of alkyl halides is 3. The summed E-state index contributed by atoms with van der Waals surface area (Å²) in [5.74, 6) is 0.617. The van der Waals surface area contributed by atoms with Gasteiger partial charge in [0.1, 0.15) is 5.82 Å². The maximum absolute atomic E-state index is 13.3. The third-order valence-electron chi connectivity index (χ3n) is 6.36. The summed E-state index contributed by atoms with van der Waals surface area (Å²) in [7, 11) is 0. The van der Waals surface area contributed by atoms with E-state index in [9.17, 15) is 22.4 Å². The summed E-state index contributed by atoms with van der Waals surface area (Å²) in [5.41, 5.74) is -0.862. The molecule has 0 bridgehead atoms. The Kier molecular flexibility index (Phi) is 8.22. The second-order valence-electron chi connectivity index (χ2n) is 8.89. The fourth-order valence-corrected chi connectivity index (χ4v) is 4.14. The number of aromatic nitrogens is 2. The molecule has 1 saturated carbocycles. The Balaban J connectivity index is 0.00000324.